The molecule has 3 rings (SSSR count). The lowest BCUT2D eigenvalue weighted by Gasteiger charge is -2.22. The molecule has 0 aliphatic rings. The van der Waals surface area contributed by atoms with Gasteiger partial charge in [0.1, 0.15) is 5.75 Å². The Hall–Kier alpha value is -3.34. The van der Waals surface area contributed by atoms with Crippen molar-refractivity contribution in [3.8, 4) is 5.75 Å². The normalized spacial score (nSPS) is 10.6. The van der Waals surface area contributed by atoms with Gasteiger partial charge in [-0.2, -0.15) is 0 Å². The molecule has 0 radical (unpaired) electrons. The minimum Gasteiger partial charge on any atom is -0.494 e. The molecule has 0 unspecified atom stereocenters. The Morgan fingerprint density at radius 2 is 1.63 bits per heavy atom. The van der Waals surface area contributed by atoms with Crippen LogP contribution in [-0.4, -0.2) is 31.6 Å². The van der Waals surface area contributed by atoms with Gasteiger partial charge < -0.3 is 14.4 Å². The topological polar surface area (TPSA) is 55.8 Å². The standard InChI is InChI=1S/C25H27NO4/c1-3-5-17-29-21-15-13-20(14-16-21)25(28)30-18-24(27)26(4-2)23-12-8-10-19-9-6-7-11-22(19)23/h6-16H,3-5,17-18H2,1-2H3. The van der Waals surface area contributed by atoms with Crippen molar-refractivity contribution in [2.24, 2.45) is 0 Å². The molecular weight excluding hydrogens is 378 g/mol. The summed E-state index contributed by atoms with van der Waals surface area (Å²) in [5.74, 6) is -0.0802. The SMILES string of the molecule is CCCCOc1ccc(C(=O)OCC(=O)N(CC)c2cccc3ccccc23)cc1. The van der Waals surface area contributed by atoms with E-state index in [9.17, 15) is 9.59 Å². The van der Waals surface area contributed by atoms with Crippen LogP contribution in [0.3, 0.4) is 0 Å². The van der Waals surface area contributed by atoms with Gasteiger partial charge in [0.2, 0.25) is 0 Å². The third kappa shape index (κ3) is 5.17. The minimum absolute atomic E-state index is 0.262. The number of benzene rings is 3. The average Bonchev–Trinajstić information content (AvgIpc) is 2.79. The molecule has 5 nitrogen and oxygen atoms in total. The number of likely N-dealkylation sites (N-methyl/N-ethyl adjacent to an activating group) is 1. The third-order valence-electron chi connectivity index (χ3n) is 4.86. The van der Waals surface area contributed by atoms with Gasteiger partial charge in [0.05, 0.1) is 17.9 Å². The van der Waals surface area contributed by atoms with Crippen LogP contribution in [0.5, 0.6) is 5.75 Å². The maximum Gasteiger partial charge on any atom is 0.338 e. The van der Waals surface area contributed by atoms with Crippen molar-refractivity contribution in [2.45, 2.75) is 26.7 Å². The summed E-state index contributed by atoms with van der Waals surface area (Å²) in [6.45, 7) is 4.82. The fraction of sp³-hybridized carbons (Fsp3) is 0.280. The first kappa shape index (κ1) is 21.4. The summed E-state index contributed by atoms with van der Waals surface area (Å²) in [6.07, 6.45) is 2.04. The fourth-order valence-electron chi connectivity index (χ4n) is 3.23. The summed E-state index contributed by atoms with van der Waals surface area (Å²) in [6, 6.07) is 20.5. The summed E-state index contributed by atoms with van der Waals surface area (Å²) in [7, 11) is 0. The molecule has 0 fully saturated rings. The zero-order valence-corrected chi connectivity index (χ0v) is 17.5. The lowest BCUT2D eigenvalue weighted by atomic mass is 10.1. The van der Waals surface area contributed by atoms with Gasteiger partial charge in [-0.05, 0) is 49.1 Å². The van der Waals surface area contributed by atoms with Gasteiger partial charge >= 0.3 is 5.97 Å². The minimum atomic E-state index is -0.530. The number of hydrogen-bond acceptors (Lipinski definition) is 4. The number of anilines is 1. The molecule has 0 atom stereocenters. The lowest BCUT2D eigenvalue weighted by Crippen LogP contribution is -2.34. The van der Waals surface area contributed by atoms with Crippen molar-refractivity contribution in [2.75, 3.05) is 24.7 Å². The van der Waals surface area contributed by atoms with E-state index in [0.717, 1.165) is 29.3 Å². The fourth-order valence-corrected chi connectivity index (χ4v) is 3.23. The van der Waals surface area contributed by atoms with Crippen LogP contribution in [0.4, 0.5) is 5.69 Å². The molecule has 0 spiro atoms. The van der Waals surface area contributed by atoms with E-state index in [-0.39, 0.29) is 12.5 Å². The first-order chi connectivity index (χ1) is 14.6. The Kier molecular flexibility index (Phi) is 7.44. The van der Waals surface area contributed by atoms with Crippen LogP contribution in [0, 0.1) is 0 Å². The molecule has 0 bridgehead atoms. The van der Waals surface area contributed by atoms with Crippen molar-refractivity contribution in [3.63, 3.8) is 0 Å². The number of ether oxygens (including phenoxy) is 2. The van der Waals surface area contributed by atoms with Gasteiger partial charge in [-0.25, -0.2) is 4.79 Å². The van der Waals surface area contributed by atoms with Crippen LogP contribution >= 0.6 is 0 Å². The molecule has 0 saturated heterocycles. The highest BCUT2D eigenvalue weighted by Crippen LogP contribution is 2.26. The van der Waals surface area contributed by atoms with E-state index in [4.69, 9.17) is 9.47 Å². The van der Waals surface area contributed by atoms with E-state index in [2.05, 4.69) is 6.92 Å². The van der Waals surface area contributed by atoms with E-state index in [1.165, 1.54) is 0 Å². The van der Waals surface area contributed by atoms with Gasteiger partial charge in [0, 0.05) is 11.9 Å². The lowest BCUT2D eigenvalue weighted by molar-refractivity contribution is -0.121. The highest BCUT2D eigenvalue weighted by Gasteiger charge is 2.18. The molecule has 0 heterocycles. The van der Waals surface area contributed by atoms with E-state index < -0.39 is 5.97 Å². The zero-order chi connectivity index (χ0) is 21.3. The maximum absolute atomic E-state index is 12.8. The third-order valence-corrected chi connectivity index (χ3v) is 4.86. The first-order valence-corrected chi connectivity index (χ1v) is 10.3. The highest BCUT2D eigenvalue weighted by atomic mass is 16.5. The van der Waals surface area contributed by atoms with Crippen LogP contribution in [0.1, 0.15) is 37.0 Å². The van der Waals surface area contributed by atoms with Crippen LogP contribution < -0.4 is 9.64 Å². The molecule has 0 aliphatic carbocycles. The quantitative estimate of drug-likeness (QED) is 0.361. The number of unbranched alkanes of at least 4 members (excludes halogenated alkanes) is 1. The molecule has 0 aromatic heterocycles. The summed E-state index contributed by atoms with van der Waals surface area (Å²) in [5, 5.41) is 2.04. The summed E-state index contributed by atoms with van der Waals surface area (Å²) in [4.78, 5) is 26.8. The number of carbonyl (C=O) groups is 2. The molecule has 3 aromatic carbocycles. The Bertz CT molecular complexity index is 992. The molecule has 0 aliphatic heterocycles. The number of carbonyl (C=O) groups excluding carboxylic acids is 2. The second-order valence-corrected chi connectivity index (χ2v) is 6.94. The molecule has 156 valence electrons. The Balaban J connectivity index is 1.63. The van der Waals surface area contributed by atoms with Crippen LogP contribution in [0.15, 0.2) is 66.7 Å². The van der Waals surface area contributed by atoms with Crippen LogP contribution in [0.2, 0.25) is 0 Å². The van der Waals surface area contributed by atoms with E-state index in [1.807, 2.05) is 49.4 Å². The van der Waals surface area contributed by atoms with E-state index in [0.29, 0.717) is 24.5 Å². The zero-order valence-electron chi connectivity index (χ0n) is 17.5. The number of hydrogen-bond donors (Lipinski definition) is 0. The summed E-state index contributed by atoms with van der Waals surface area (Å²) < 4.78 is 10.9. The highest BCUT2D eigenvalue weighted by molar-refractivity contribution is 6.04. The number of fused-ring (bicyclic) bond motifs is 1. The number of amides is 1. The van der Waals surface area contributed by atoms with Gasteiger partial charge in [0.15, 0.2) is 6.61 Å². The second-order valence-electron chi connectivity index (χ2n) is 6.94. The predicted molar refractivity (Wildman–Crippen MR) is 119 cm³/mol. The van der Waals surface area contributed by atoms with Gasteiger partial charge in [-0.3, -0.25) is 4.79 Å². The first-order valence-electron chi connectivity index (χ1n) is 10.3. The Morgan fingerprint density at radius 1 is 0.900 bits per heavy atom. The second kappa shape index (κ2) is 10.4. The van der Waals surface area contributed by atoms with Crippen molar-refractivity contribution in [3.05, 3.63) is 72.3 Å². The largest absolute Gasteiger partial charge is 0.494 e. The van der Waals surface area contributed by atoms with Crippen molar-refractivity contribution < 1.29 is 19.1 Å². The van der Waals surface area contributed by atoms with E-state index >= 15 is 0 Å². The van der Waals surface area contributed by atoms with Crippen LogP contribution in [0.25, 0.3) is 10.8 Å². The molecular formula is C25H27NO4. The summed E-state index contributed by atoms with van der Waals surface area (Å²) >= 11 is 0. The smallest absolute Gasteiger partial charge is 0.338 e. The molecule has 5 heteroatoms. The van der Waals surface area contributed by atoms with Crippen molar-refractivity contribution in [1.29, 1.82) is 0 Å². The van der Waals surface area contributed by atoms with Gasteiger partial charge in [-0.15, -0.1) is 0 Å². The molecule has 3 aromatic rings. The van der Waals surface area contributed by atoms with Crippen molar-refractivity contribution >= 4 is 28.3 Å². The summed E-state index contributed by atoms with van der Waals surface area (Å²) in [5.41, 5.74) is 1.20. The molecule has 0 N–H and O–H groups in total. The Morgan fingerprint density at radius 3 is 2.37 bits per heavy atom. The number of esters is 1. The monoisotopic (exact) mass is 405 g/mol. The van der Waals surface area contributed by atoms with Gasteiger partial charge in [0.25, 0.3) is 5.91 Å². The number of nitrogens with zero attached hydrogens (tertiary/aromatic N) is 1. The van der Waals surface area contributed by atoms with Gasteiger partial charge in [-0.1, -0.05) is 49.7 Å². The number of rotatable bonds is 9. The maximum atomic E-state index is 12.8. The Labute approximate surface area is 177 Å². The van der Waals surface area contributed by atoms with Crippen molar-refractivity contribution in [1.82, 2.24) is 0 Å². The molecule has 1 amide bonds. The predicted octanol–water partition coefficient (Wildman–Crippen LogP) is 5.23. The molecule has 0 saturated carbocycles. The van der Waals surface area contributed by atoms with Crippen LogP contribution in [-0.2, 0) is 9.53 Å². The van der Waals surface area contributed by atoms with E-state index in [1.54, 1.807) is 29.2 Å². The molecule has 30 heavy (non-hydrogen) atoms. The average molecular weight is 405 g/mol.